The molecule has 0 radical (unpaired) electrons. The number of para-hydroxylation sites is 1. The van der Waals surface area contributed by atoms with Gasteiger partial charge in [0.05, 0.1) is 26.5 Å². The topological polar surface area (TPSA) is 50.8 Å². The number of amides is 1. The molecule has 0 aliphatic carbocycles. The number of carbonyl (C=O) groups is 1. The number of rotatable bonds is 6. The van der Waals surface area contributed by atoms with Crippen LogP contribution in [-0.2, 0) is 11.3 Å². The van der Waals surface area contributed by atoms with Gasteiger partial charge in [-0.2, -0.15) is 0 Å². The Labute approximate surface area is 158 Å². The van der Waals surface area contributed by atoms with Crippen LogP contribution in [0.3, 0.4) is 0 Å². The summed E-state index contributed by atoms with van der Waals surface area (Å²) >= 11 is 1.86. The number of fused-ring (bicyclic) bond motifs is 1. The van der Waals surface area contributed by atoms with Gasteiger partial charge in [-0.1, -0.05) is 25.1 Å². The van der Waals surface area contributed by atoms with Crippen molar-refractivity contribution in [2.24, 2.45) is 0 Å². The highest BCUT2D eigenvalue weighted by Gasteiger charge is 2.23. The molecule has 3 rings (SSSR count). The minimum atomic E-state index is 0.00804. The lowest BCUT2D eigenvalue weighted by Crippen LogP contribution is -2.41. The standard InChI is InChI=1S/C20H24N2O3S/c1-14-12-22(16-6-4-5-7-19(16)26-14)13-20(23)21-11-15-8-9-17(24-2)18(10-15)25-3/h4-10,14H,11-13H2,1-3H3,(H,21,23)/t14-/m0/s1. The first-order valence-corrected chi connectivity index (χ1v) is 9.47. The molecule has 0 saturated carbocycles. The van der Waals surface area contributed by atoms with Crippen molar-refractivity contribution in [2.45, 2.75) is 23.6 Å². The van der Waals surface area contributed by atoms with E-state index in [0.717, 1.165) is 17.8 Å². The van der Waals surface area contributed by atoms with E-state index in [1.807, 2.05) is 42.1 Å². The molecule has 6 heteroatoms. The quantitative estimate of drug-likeness (QED) is 0.843. The zero-order valence-electron chi connectivity index (χ0n) is 15.3. The number of hydrogen-bond acceptors (Lipinski definition) is 5. The van der Waals surface area contributed by atoms with E-state index < -0.39 is 0 Å². The van der Waals surface area contributed by atoms with Gasteiger partial charge in [-0.3, -0.25) is 4.79 Å². The Morgan fingerprint density at radius 2 is 1.96 bits per heavy atom. The third kappa shape index (κ3) is 4.25. The molecule has 1 atom stereocenters. The minimum Gasteiger partial charge on any atom is -0.493 e. The molecule has 1 N–H and O–H groups in total. The fourth-order valence-corrected chi connectivity index (χ4v) is 4.21. The van der Waals surface area contributed by atoms with E-state index in [0.29, 0.717) is 29.8 Å². The van der Waals surface area contributed by atoms with Crippen molar-refractivity contribution in [1.82, 2.24) is 5.32 Å². The second-order valence-electron chi connectivity index (χ2n) is 6.24. The maximum atomic E-state index is 12.5. The lowest BCUT2D eigenvalue weighted by Gasteiger charge is -2.33. The van der Waals surface area contributed by atoms with E-state index in [1.165, 1.54) is 4.90 Å². The lowest BCUT2D eigenvalue weighted by atomic mass is 10.2. The Balaban J connectivity index is 1.61. The number of nitrogens with zero attached hydrogens (tertiary/aromatic N) is 1. The number of anilines is 1. The van der Waals surface area contributed by atoms with Gasteiger partial charge in [-0.05, 0) is 29.8 Å². The van der Waals surface area contributed by atoms with Crippen LogP contribution in [0.25, 0.3) is 0 Å². The normalized spacial score (nSPS) is 16.0. The van der Waals surface area contributed by atoms with Crippen molar-refractivity contribution >= 4 is 23.4 Å². The number of methoxy groups -OCH3 is 2. The molecule has 1 aliphatic rings. The Kier molecular flexibility index (Phi) is 5.93. The highest BCUT2D eigenvalue weighted by Crippen LogP contribution is 2.37. The maximum absolute atomic E-state index is 12.5. The van der Waals surface area contributed by atoms with Crippen molar-refractivity contribution in [3.05, 3.63) is 48.0 Å². The van der Waals surface area contributed by atoms with Crippen LogP contribution in [-0.4, -0.2) is 38.5 Å². The van der Waals surface area contributed by atoms with Crippen LogP contribution in [0.1, 0.15) is 12.5 Å². The summed E-state index contributed by atoms with van der Waals surface area (Å²) in [5.74, 6) is 1.35. The smallest absolute Gasteiger partial charge is 0.239 e. The van der Waals surface area contributed by atoms with Gasteiger partial charge < -0.3 is 19.7 Å². The number of nitrogens with one attached hydrogen (secondary N) is 1. The van der Waals surface area contributed by atoms with Gasteiger partial charge in [0.1, 0.15) is 0 Å². The van der Waals surface area contributed by atoms with Crippen LogP contribution >= 0.6 is 11.8 Å². The maximum Gasteiger partial charge on any atom is 0.239 e. The molecule has 1 amide bonds. The van der Waals surface area contributed by atoms with E-state index in [-0.39, 0.29) is 5.91 Å². The molecule has 0 fully saturated rings. The fourth-order valence-electron chi connectivity index (χ4n) is 3.05. The highest BCUT2D eigenvalue weighted by atomic mass is 32.2. The van der Waals surface area contributed by atoms with Crippen LogP contribution in [0, 0.1) is 0 Å². The summed E-state index contributed by atoms with van der Waals surface area (Å²) in [6.07, 6.45) is 0. The number of hydrogen-bond donors (Lipinski definition) is 1. The largest absolute Gasteiger partial charge is 0.493 e. The first kappa shape index (κ1) is 18.5. The average molecular weight is 372 g/mol. The predicted octanol–water partition coefficient (Wildman–Crippen LogP) is 3.32. The van der Waals surface area contributed by atoms with Crippen LogP contribution in [0.15, 0.2) is 47.4 Å². The summed E-state index contributed by atoms with van der Waals surface area (Å²) in [5.41, 5.74) is 2.11. The van der Waals surface area contributed by atoms with Crippen LogP contribution in [0.5, 0.6) is 11.5 Å². The molecule has 1 aliphatic heterocycles. The molecule has 0 spiro atoms. The number of benzene rings is 2. The lowest BCUT2D eigenvalue weighted by molar-refractivity contribution is -0.119. The summed E-state index contributed by atoms with van der Waals surface area (Å²) in [6.45, 7) is 3.87. The van der Waals surface area contributed by atoms with Gasteiger partial charge in [-0.25, -0.2) is 0 Å². The summed E-state index contributed by atoms with van der Waals surface area (Å²) in [5, 5.41) is 3.46. The fraction of sp³-hybridized carbons (Fsp3) is 0.350. The molecule has 0 saturated heterocycles. The average Bonchev–Trinajstić information content (AvgIpc) is 2.66. The Morgan fingerprint density at radius 3 is 2.73 bits per heavy atom. The molecule has 0 aromatic heterocycles. The van der Waals surface area contributed by atoms with Crippen molar-refractivity contribution in [3.63, 3.8) is 0 Å². The van der Waals surface area contributed by atoms with E-state index >= 15 is 0 Å². The molecule has 5 nitrogen and oxygen atoms in total. The van der Waals surface area contributed by atoms with E-state index in [1.54, 1.807) is 14.2 Å². The van der Waals surface area contributed by atoms with E-state index in [9.17, 15) is 4.79 Å². The molecule has 2 aromatic carbocycles. The third-order valence-corrected chi connectivity index (χ3v) is 5.43. The Hall–Kier alpha value is -2.34. The SMILES string of the molecule is COc1ccc(CNC(=O)CN2C[C@H](C)Sc3ccccc32)cc1OC. The van der Waals surface area contributed by atoms with Crippen molar-refractivity contribution in [2.75, 3.05) is 32.2 Å². The zero-order chi connectivity index (χ0) is 18.5. The number of carbonyl (C=O) groups excluding carboxylic acids is 1. The van der Waals surface area contributed by atoms with Crippen LogP contribution in [0.2, 0.25) is 0 Å². The van der Waals surface area contributed by atoms with Gasteiger partial charge in [0, 0.05) is 23.2 Å². The Bertz CT molecular complexity index is 781. The van der Waals surface area contributed by atoms with Crippen molar-refractivity contribution in [3.8, 4) is 11.5 Å². The van der Waals surface area contributed by atoms with Gasteiger partial charge in [0.15, 0.2) is 11.5 Å². The van der Waals surface area contributed by atoms with Crippen molar-refractivity contribution < 1.29 is 14.3 Å². The molecule has 0 unspecified atom stereocenters. The molecule has 0 bridgehead atoms. The molecular formula is C20H24N2O3S. The molecule has 1 heterocycles. The van der Waals surface area contributed by atoms with Gasteiger partial charge in [0.2, 0.25) is 5.91 Å². The minimum absolute atomic E-state index is 0.00804. The predicted molar refractivity (Wildman–Crippen MR) is 105 cm³/mol. The summed E-state index contributed by atoms with van der Waals surface area (Å²) in [6, 6.07) is 13.9. The molecule has 138 valence electrons. The molecular weight excluding hydrogens is 348 g/mol. The van der Waals surface area contributed by atoms with E-state index in [2.05, 4.69) is 29.3 Å². The second kappa shape index (κ2) is 8.36. The zero-order valence-corrected chi connectivity index (χ0v) is 16.1. The number of thioether (sulfide) groups is 1. The summed E-state index contributed by atoms with van der Waals surface area (Å²) in [7, 11) is 3.21. The van der Waals surface area contributed by atoms with E-state index in [4.69, 9.17) is 9.47 Å². The number of ether oxygens (including phenoxy) is 2. The molecule has 26 heavy (non-hydrogen) atoms. The monoisotopic (exact) mass is 372 g/mol. The Morgan fingerprint density at radius 1 is 1.19 bits per heavy atom. The van der Waals surface area contributed by atoms with Crippen LogP contribution < -0.4 is 19.7 Å². The summed E-state index contributed by atoms with van der Waals surface area (Å²) < 4.78 is 10.5. The van der Waals surface area contributed by atoms with Crippen LogP contribution in [0.4, 0.5) is 5.69 Å². The highest BCUT2D eigenvalue weighted by molar-refractivity contribution is 8.00. The second-order valence-corrected chi connectivity index (χ2v) is 7.72. The summed E-state index contributed by atoms with van der Waals surface area (Å²) in [4.78, 5) is 15.9. The van der Waals surface area contributed by atoms with Gasteiger partial charge in [0.25, 0.3) is 0 Å². The first-order valence-electron chi connectivity index (χ1n) is 8.59. The molecule has 2 aromatic rings. The van der Waals surface area contributed by atoms with Crippen molar-refractivity contribution in [1.29, 1.82) is 0 Å². The van der Waals surface area contributed by atoms with Gasteiger partial charge in [-0.15, -0.1) is 11.8 Å². The van der Waals surface area contributed by atoms with Gasteiger partial charge >= 0.3 is 0 Å². The third-order valence-electron chi connectivity index (χ3n) is 4.28. The first-order chi connectivity index (χ1) is 12.6.